The van der Waals surface area contributed by atoms with E-state index >= 15 is 0 Å². The van der Waals surface area contributed by atoms with Crippen LogP contribution < -0.4 is 5.32 Å². The zero-order valence-electron chi connectivity index (χ0n) is 11.1. The molecule has 1 aliphatic rings. The fourth-order valence-corrected chi connectivity index (χ4v) is 1.96. The molecule has 1 N–H and O–H groups in total. The summed E-state index contributed by atoms with van der Waals surface area (Å²) in [4.78, 5) is 12.3. The minimum absolute atomic E-state index is 0.144. The summed E-state index contributed by atoms with van der Waals surface area (Å²) in [6, 6.07) is 0. The Balaban J connectivity index is 2.75. The van der Waals surface area contributed by atoms with E-state index in [0.717, 1.165) is 26.2 Å². The Kier molecular flexibility index (Phi) is 4.55. The van der Waals surface area contributed by atoms with E-state index in [1.807, 2.05) is 20.8 Å². The van der Waals surface area contributed by atoms with Crippen molar-refractivity contribution in [2.75, 3.05) is 32.7 Å². The highest BCUT2D eigenvalue weighted by Crippen LogP contribution is 2.18. The molecule has 0 atom stereocenters. The van der Waals surface area contributed by atoms with Crippen LogP contribution in [0, 0.1) is 12.3 Å². The summed E-state index contributed by atoms with van der Waals surface area (Å²) in [5.74, 6) is 2.61. The van der Waals surface area contributed by atoms with Gasteiger partial charge in [0.15, 0.2) is 0 Å². The third-order valence-corrected chi connectivity index (χ3v) is 2.90. The number of amides is 1. The van der Waals surface area contributed by atoms with Gasteiger partial charge in [-0.25, -0.2) is 4.48 Å². The molecular weight excluding hydrogens is 216 g/mol. The van der Waals surface area contributed by atoms with Crippen molar-refractivity contribution in [2.45, 2.75) is 32.8 Å². The Morgan fingerprint density at radius 2 is 2.00 bits per heavy atom. The van der Waals surface area contributed by atoms with Crippen LogP contribution in [-0.2, 0) is 4.74 Å². The monoisotopic (exact) mass is 239 g/mol. The van der Waals surface area contributed by atoms with Crippen LogP contribution in [0.1, 0.15) is 27.2 Å². The highest BCUT2D eigenvalue weighted by atomic mass is 16.6. The molecule has 0 aliphatic carbocycles. The maximum Gasteiger partial charge on any atom is 0.516 e. The molecule has 17 heavy (non-hydrogen) atoms. The van der Waals surface area contributed by atoms with Crippen molar-refractivity contribution in [3.05, 3.63) is 0 Å². The van der Waals surface area contributed by atoms with E-state index < -0.39 is 5.60 Å². The van der Waals surface area contributed by atoms with Crippen molar-refractivity contribution in [2.24, 2.45) is 0 Å². The molecule has 1 saturated heterocycles. The number of piperazine rings is 1. The van der Waals surface area contributed by atoms with E-state index in [1.54, 1.807) is 0 Å². The average molecular weight is 239 g/mol. The molecule has 0 bridgehead atoms. The predicted octanol–water partition coefficient (Wildman–Crippen LogP) is 1.36. The van der Waals surface area contributed by atoms with Crippen LogP contribution in [-0.4, -0.2) is 48.9 Å². The van der Waals surface area contributed by atoms with Crippen LogP contribution in [0.15, 0.2) is 0 Å². The number of hydrogen-bond acceptors (Lipinski definition) is 3. The van der Waals surface area contributed by atoms with E-state index in [0.29, 0.717) is 17.4 Å². The molecule has 0 radical (unpaired) electrons. The standard InChI is InChI=1S/C13H23N2O2/c1-5-6-9-15(10-7-14-8-11-15)12(16)17-13(2,3)4/h1,14H,6-11H2,2-4H3/q+1. The molecule has 1 fully saturated rings. The lowest BCUT2D eigenvalue weighted by Crippen LogP contribution is -2.63. The van der Waals surface area contributed by atoms with Gasteiger partial charge in [0, 0.05) is 13.1 Å². The van der Waals surface area contributed by atoms with Crippen molar-refractivity contribution < 1.29 is 14.0 Å². The lowest BCUT2D eigenvalue weighted by molar-refractivity contribution is -0.860. The zero-order valence-corrected chi connectivity index (χ0v) is 11.1. The molecule has 0 saturated carbocycles. The zero-order chi connectivity index (χ0) is 12.9. The molecule has 0 spiro atoms. The fourth-order valence-electron chi connectivity index (χ4n) is 1.96. The van der Waals surface area contributed by atoms with Gasteiger partial charge in [0.2, 0.25) is 0 Å². The smallest absolute Gasteiger partial charge is 0.414 e. The molecule has 4 heteroatoms. The first kappa shape index (κ1) is 14.0. The third-order valence-electron chi connectivity index (χ3n) is 2.90. The number of ether oxygens (including phenoxy) is 1. The van der Waals surface area contributed by atoms with E-state index in [2.05, 4.69) is 11.2 Å². The molecule has 0 aromatic carbocycles. The quantitative estimate of drug-likeness (QED) is 0.584. The van der Waals surface area contributed by atoms with Gasteiger partial charge in [-0.2, -0.15) is 4.79 Å². The second-order valence-corrected chi connectivity index (χ2v) is 5.50. The number of terminal acetylenes is 1. The van der Waals surface area contributed by atoms with Crippen LogP contribution in [0.25, 0.3) is 0 Å². The number of nitrogens with one attached hydrogen (secondary N) is 1. The van der Waals surface area contributed by atoms with Crippen LogP contribution in [0.5, 0.6) is 0 Å². The van der Waals surface area contributed by atoms with Crippen LogP contribution in [0.2, 0.25) is 0 Å². The average Bonchev–Trinajstić information content (AvgIpc) is 2.25. The minimum atomic E-state index is -0.441. The Morgan fingerprint density at radius 1 is 1.41 bits per heavy atom. The summed E-state index contributed by atoms with van der Waals surface area (Å²) < 4.78 is 5.87. The summed E-state index contributed by atoms with van der Waals surface area (Å²) in [6.45, 7) is 9.55. The van der Waals surface area contributed by atoms with Gasteiger partial charge in [-0.15, -0.1) is 12.3 Å². The Morgan fingerprint density at radius 3 is 2.47 bits per heavy atom. The number of hydrogen-bond donors (Lipinski definition) is 1. The Bertz CT molecular complexity index is 306. The molecule has 1 amide bonds. The lowest BCUT2D eigenvalue weighted by Gasteiger charge is -2.38. The van der Waals surface area contributed by atoms with Gasteiger partial charge in [0.1, 0.15) is 18.7 Å². The molecule has 0 aromatic heterocycles. The summed E-state index contributed by atoms with van der Waals surface area (Å²) in [7, 11) is 0. The maximum absolute atomic E-state index is 12.3. The van der Waals surface area contributed by atoms with E-state index in [4.69, 9.17) is 11.2 Å². The van der Waals surface area contributed by atoms with Crippen molar-refractivity contribution in [1.29, 1.82) is 0 Å². The topological polar surface area (TPSA) is 38.3 Å². The first-order valence-electron chi connectivity index (χ1n) is 6.13. The number of quaternary nitrogens is 1. The summed E-state index contributed by atoms with van der Waals surface area (Å²) in [5, 5.41) is 3.26. The Hall–Kier alpha value is -1.05. The molecule has 1 rings (SSSR count). The second-order valence-electron chi connectivity index (χ2n) is 5.50. The van der Waals surface area contributed by atoms with Gasteiger partial charge in [-0.3, -0.25) is 0 Å². The minimum Gasteiger partial charge on any atom is -0.414 e. The molecule has 1 aliphatic heterocycles. The van der Waals surface area contributed by atoms with Crippen molar-refractivity contribution in [3.63, 3.8) is 0 Å². The van der Waals surface area contributed by atoms with Crippen molar-refractivity contribution in [3.8, 4) is 12.3 Å². The molecule has 0 unspecified atom stereocenters. The first-order chi connectivity index (χ1) is 7.90. The predicted molar refractivity (Wildman–Crippen MR) is 67.4 cm³/mol. The van der Waals surface area contributed by atoms with Crippen LogP contribution in [0.4, 0.5) is 4.79 Å². The van der Waals surface area contributed by atoms with Gasteiger partial charge in [-0.1, -0.05) is 0 Å². The van der Waals surface area contributed by atoms with Gasteiger partial charge in [-0.05, 0) is 20.8 Å². The number of carbonyl (C=O) groups excluding carboxylic acids is 1. The summed E-state index contributed by atoms with van der Waals surface area (Å²) in [6.07, 6.45) is 5.77. The van der Waals surface area contributed by atoms with Crippen LogP contribution >= 0.6 is 0 Å². The van der Waals surface area contributed by atoms with E-state index in [-0.39, 0.29) is 6.09 Å². The van der Waals surface area contributed by atoms with Crippen molar-refractivity contribution >= 4 is 6.09 Å². The van der Waals surface area contributed by atoms with Crippen LogP contribution in [0.3, 0.4) is 0 Å². The summed E-state index contributed by atoms with van der Waals surface area (Å²) >= 11 is 0. The summed E-state index contributed by atoms with van der Waals surface area (Å²) in [5.41, 5.74) is -0.441. The van der Waals surface area contributed by atoms with Gasteiger partial charge < -0.3 is 10.1 Å². The number of rotatable bonds is 2. The number of carbonyl (C=O) groups is 1. The molecule has 1 heterocycles. The maximum atomic E-state index is 12.3. The van der Waals surface area contributed by atoms with Crippen molar-refractivity contribution in [1.82, 2.24) is 5.32 Å². The highest BCUT2D eigenvalue weighted by molar-refractivity contribution is 5.60. The molecular formula is C13H23N2O2+. The SMILES string of the molecule is C#CCC[N+]1(C(=O)OC(C)(C)C)CCNCC1. The molecule has 4 nitrogen and oxygen atoms in total. The lowest BCUT2D eigenvalue weighted by atomic mass is 10.2. The largest absolute Gasteiger partial charge is 0.516 e. The number of nitrogens with zero attached hydrogens (tertiary/aromatic N) is 1. The van der Waals surface area contributed by atoms with Gasteiger partial charge >= 0.3 is 6.09 Å². The molecule has 96 valence electrons. The molecule has 0 aromatic rings. The van der Waals surface area contributed by atoms with E-state index in [9.17, 15) is 4.79 Å². The Labute approximate surface area is 104 Å². The van der Waals surface area contributed by atoms with Gasteiger partial charge in [0.05, 0.1) is 13.0 Å². The normalized spacial score (nSPS) is 19.4. The third kappa shape index (κ3) is 4.03. The second kappa shape index (κ2) is 5.52. The van der Waals surface area contributed by atoms with E-state index in [1.165, 1.54) is 0 Å². The first-order valence-corrected chi connectivity index (χ1v) is 6.13. The van der Waals surface area contributed by atoms with Gasteiger partial charge in [0.25, 0.3) is 0 Å². The fraction of sp³-hybridized carbons (Fsp3) is 0.769. The highest BCUT2D eigenvalue weighted by Gasteiger charge is 2.41.